The van der Waals surface area contributed by atoms with Gasteiger partial charge in [-0.05, 0) is 36.2 Å². The van der Waals surface area contributed by atoms with E-state index in [0.717, 1.165) is 12.0 Å². The Balaban J connectivity index is 1.84. The standard InChI is InChI=1S/C21H17ClFNO3/c1-2-12-6-8-13(9-7-12)24-17-11-27-21(26)20(17)14(10-18(24)25)19-15(22)4-3-5-16(19)23/h3-9,14H,2,10-11H2,1H3/t14-/m0/s1. The van der Waals surface area contributed by atoms with Crippen molar-refractivity contribution in [3.05, 3.63) is 75.7 Å². The average molecular weight is 386 g/mol. The molecule has 27 heavy (non-hydrogen) atoms. The predicted molar refractivity (Wildman–Crippen MR) is 100 cm³/mol. The second-order valence-corrected chi connectivity index (χ2v) is 6.98. The van der Waals surface area contributed by atoms with E-state index < -0.39 is 17.7 Å². The lowest BCUT2D eigenvalue weighted by Crippen LogP contribution is -2.37. The SMILES string of the molecule is CCc1ccc(N2C(=O)C[C@@H](c3c(F)cccc3Cl)C3=C2COC3=O)cc1. The molecule has 2 aromatic rings. The second kappa shape index (κ2) is 6.82. The third-order valence-corrected chi connectivity index (χ3v) is 5.40. The number of rotatable bonds is 3. The first-order chi connectivity index (χ1) is 13.0. The molecule has 0 aliphatic carbocycles. The first-order valence-electron chi connectivity index (χ1n) is 8.77. The van der Waals surface area contributed by atoms with Crippen molar-refractivity contribution in [2.75, 3.05) is 11.5 Å². The molecule has 0 radical (unpaired) electrons. The van der Waals surface area contributed by atoms with E-state index in [1.54, 1.807) is 6.07 Å². The summed E-state index contributed by atoms with van der Waals surface area (Å²) in [5.74, 6) is -2.03. The van der Waals surface area contributed by atoms with E-state index in [0.29, 0.717) is 17.0 Å². The zero-order valence-electron chi connectivity index (χ0n) is 14.7. The van der Waals surface area contributed by atoms with Gasteiger partial charge in [0, 0.05) is 28.6 Å². The molecule has 2 aliphatic rings. The Hall–Kier alpha value is -2.66. The summed E-state index contributed by atoms with van der Waals surface area (Å²) in [6.45, 7) is 2.03. The van der Waals surface area contributed by atoms with Crippen LogP contribution in [0.2, 0.25) is 5.02 Å². The van der Waals surface area contributed by atoms with E-state index in [4.69, 9.17) is 16.3 Å². The number of halogens is 2. The van der Waals surface area contributed by atoms with Crippen LogP contribution in [0, 0.1) is 5.82 Å². The number of anilines is 1. The Labute approximate surface area is 161 Å². The van der Waals surface area contributed by atoms with Gasteiger partial charge in [-0.2, -0.15) is 0 Å². The van der Waals surface area contributed by atoms with Crippen LogP contribution in [-0.2, 0) is 20.7 Å². The van der Waals surface area contributed by atoms with Crippen LogP contribution in [0.3, 0.4) is 0 Å². The number of hydrogen-bond donors (Lipinski definition) is 0. The van der Waals surface area contributed by atoms with Gasteiger partial charge in [0.25, 0.3) is 0 Å². The maximum absolute atomic E-state index is 14.5. The van der Waals surface area contributed by atoms with Crippen molar-refractivity contribution in [1.82, 2.24) is 0 Å². The summed E-state index contributed by atoms with van der Waals surface area (Å²) in [4.78, 5) is 26.9. The second-order valence-electron chi connectivity index (χ2n) is 6.58. The molecule has 0 bridgehead atoms. The van der Waals surface area contributed by atoms with Crippen molar-refractivity contribution < 1.29 is 18.7 Å². The van der Waals surface area contributed by atoms with Gasteiger partial charge >= 0.3 is 5.97 Å². The van der Waals surface area contributed by atoms with Gasteiger partial charge in [-0.15, -0.1) is 0 Å². The van der Waals surface area contributed by atoms with E-state index in [2.05, 4.69) is 0 Å². The Morgan fingerprint density at radius 3 is 2.59 bits per heavy atom. The van der Waals surface area contributed by atoms with Crippen molar-refractivity contribution in [1.29, 1.82) is 0 Å². The maximum atomic E-state index is 14.5. The molecule has 2 aliphatic heterocycles. The summed E-state index contributed by atoms with van der Waals surface area (Å²) in [6, 6.07) is 11.9. The predicted octanol–water partition coefficient (Wildman–Crippen LogP) is 4.37. The molecule has 4 rings (SSSR count). The van der Waals surface area contributed by atoms with Gasteiger partial charge in [0.15, 0.2) is 0 Å². The zero-order chi connectivity index (χ0) is 19.1. The topological polar surface area (TPSA) is 46.6 Å². The summed E-state index contributed by atoms with van der Waals surface area (Å²) < 4.78 is 19.7. The minimum absolute atomic E-state index is 0.0159. The van der Waals surface area contributed by atoms with Crippen LogP contribution in [0.1, 0.15) is 30.4 Å². The fourth-order valence-corrected chi connectivity index (χ4v) is 4.02. The highest BCUT2D eigenvalue weighted by Crippen LogP contribution is 2.44. The van der Waals surface area contributed by atoms with Gasteiger partial charge in [0.1, 0.15) is 12.4 Å². The fraction of sp³-hybridized carbons (Fsp3) is 0.238. The van der Waals surface area contributed by atoms with Gasteiger partial charge < -0.3 is 4.74 Å². The van der Waals surface area contributed by atoms with Crippen molar-refractivity contribution in [2.24, 2.45) is 0 Å². The molecule has 138 valence electrons. The molecular formula is C21H17ClFNO3. The molecule has 0 N–H and O–H groups in total. The number of aryl methyl sites for hydroxylation is 1. The quantitative estimate of drug-likeness (QED) is 0.737. The summed E-state index contributed by atoms with van der Waals surface area (Å²) >= 11 is 6.20. The number of amides is 1. The molecule has 6 heteroatoms. The number of ether oxygens (including phenoxy) is 1. The summed E-state index contributed by atoms with van der Waals surface area (Å²) in [7, 11) is 0. The number of esters is 1. The molecular weight excluding hydrogens is 369 g/mol. The lowest BCUT2D eigenvalue weighted by Gasteiger charge is -2.32. The zero-order valence-corrected chi connectivity index (χ0v) is 15.4. The summed E-state index contributed by atoms with van der Waals surface area (Å²) in [5, 5.41) is 0.195. The van der Waals surface area contributed by atoms with Gasteiger partial charge in [0.2, 0.25) is 5.91 Å². The first kappa shape index (κ1) is 17.7. The molecule has 2 heterocycles. The molecule has 4 nitrogen and oxygen atoms in total. The summed E-state index contributed by atoms with van der Waals surface area (Å²) in [6.07, 6.45) is 0.835. The number of carbonyl (C=O) groups is 2. The number of benzene rings is 2. The molecule has 0 saturated heterocycles. The highest BCUT2D eigenvalue weighted by molar-refractivity contribution is 6.31. The van der Waals surface area contributed by atoms with Gasteiger partial charge in [-0.3, -0.25) is 9.69 Å². The van der Waals surface area contributed by atoms with E-state index >= 15 is 0 Å². The van der Waals surface area contributed by atoms with Crippen LogP contribution in [0.15, 0.2) is 53.7 Å². The number of carbonyl (C=O) groups excluding carboxylic acids is 2. The van der Waals surface area contributed by atoms with Gasteiger partial charge in [-0.1, -0.05) is 36.7 Å². The minimum Gasteiger partial charge on any atom is -0.456 e. The number of nitrogens with zero attached hydrogens (tertiary/aromatic N) is 1. The van der Waals surface area contributed by atoms with Crippen LogP contribution in [-0.4, -0.2) is 18.5 Å². The third kappa shape index (κ3) is 2.92. The molecule has 2 aromatic carbocycles. The average Bonchev–Trinajstić information content (AvgIpc) is 3.03. The first-order valence-corrected chi connectivity index (χ1v) is 9.15. The van der Waals surface area contributed by atoms with Gasteiger partial charge in [0.05, 0.1) is 11.3 Å². The van der Waals surface area contributed by atoms with E-state index in [9.17, 15) is 14.0 Å². The van der Waals surface area contributed by atoms with Crippen LogP contribution in [0.4, 0.5) is 10.1 Å². The van der Waals surface area contributed by atoms with Crippen molar-refractivity contribution in [3.8, 4) is 0 Å². The molecule has 1 atom stereocenters. The van der Waals surface area contributed by atoms with E-state index in [1.807, 2.05) is 31.2 Å². The van der Waals surface area contributed by atoms with Crippen molar-refractivity contribution >= 4 is 29.2 Å². The van der Waals surface area contributed by atoms with E-state index in [1.165, 1.54) is 17.0 Å². The molecule has 0 saturated carbocycles. The molecule has 0 unspecified atom stereocenters. The maximum Gasteiger partial charge on any atom is 0.336 e. The van der Waals surface area contributed by atoms with E-state index in [-0.39, 0.29) is 29.5 Å². The van der Waals surface area contributed by atoms with Crippen LogP contribution >= 0.6 is 11.6 Å². The normalized spacial score (nSPS) is 19.4. The van der Waals surface area contributed by atoms with Gasteiger partial charge in [-0.25, -0.2) is 9.18 Å². The monoisotopic (exact) mass is 385 g/mol. The van der Waals surface area contributed by atoms with Crippen LogP contribution < -0.4 is 4.90 Å². The third-order valence-electron chi connectivity index (χ3n) is 5.07. The Bertz CT molecular complexity index is 948. The minimum atomic E-state index is -0.748. The lowest BCUT2D eigenvalue weighted by molar-refractivity contribution is -0.136. The summed E-state index contributed by atoms with van der Waals surface area (Å²) in [5.41, 5.74) is 2.75. The Morgan fingerprint density at radius 2 is 1.93 bits per heavy atom. The largest absolute Gasteiger partial charge is 0.456 e. The van der Waals surface area contributed by atoms with Crippen LogP contribution in [0.25, 0.3) is 0 Å². The number of hydrogen-bond acceptors (Lipinski definition) is 3. The smallest absolute Gasteiger partial charge is 0.336 e. The van der Waals surface area contributed by atoms with Crippen LogP contribution in [0.5, 0.6) is 0 Å². The highest BCUT2D eigenvalue weighted by Gasteiger charge is 2.44. The molecule has 0 aromatic heterocycles. The lowest BCUT2D eigenvalue weighted by atomic mass is 9.83. The fourth-order valence-electron chi connectivity index (χ4n) is 3.72. The molecule has 1 amide bonds. The highest BCUT2D eigenvalue weighted by atomic mass is 35.5. The Morgan fingerprint density at radius 1 is 1.19 bits per heavy atom. The molecule has 0 spiro atoms. The molecule has 0 fully saturated rings. The van der Waals surface area contributed by atoms with Crippen molar-refractivity contribution in [2.45, 2.75) is 25.7 Å². The Kier molecular flexibility index (Phi) is 4.48. The number of cyclic esters (lactones) is 1. The van der Waals surface area contributed by atoms with Crippen molar-refractivity contribution in [3.63, 3.8) is 0 Å².